The van der Waals surface area contributed by atoms with Crippen LogP contribution in [-0.2, 0) is 39.3 Å². The Labute approximate surface area is 109 Å². The predicted molar refractivity (Wildman–Crippen MR) is 55.9 cm³/mol. The molecule has 0 saturated heterocycles. The Kier molecular flexibility index (Phi) is 4.80. The van der Waals surface area contributed by atoms with Crippen molar-refractivity contribution in [2.45, 2.75) is 13.5 Å². The number of hydrogen-bond acceptors (Lipinski definition) is 0. The molecule has 0 saturated carbocycles. The van der Waals surface area contributed by atoms with E-state index in [4.69, 9.17) is 0 Å². The first-order valence-corrected chi connectivity index (χ1v) is 4.60. The first-order chi connectivity index (χ1) is 6.42. The van der Waals surface area contributed by atoms with Gasteiger partial charge >= 0.3 is 0 Å². The fourth-order valence-electron chi connectivity index (χ4n) is 1.49. The van der Waals surface area contributed by atoms with Crippen LogP contribution in [0.3, 0.4) is 0 Å². The fourth-order valence-corrected chi connectivity index (χ4v) is 1.49. The van der Waals surface area contributed by atoms with Crippen LogP contribution in [0.15, 0.2) is 30.5 Å². The molecule has 0 atom stereocenters. The minimum Gasteiger partial charge on any atom is -0.659 e. The first-order valence-electron chi connectivity index (χ1n) is 4.60. The van der Waals surface area contributed by atoms with Crippen molar-refractivity contribution in [2.24, 2.45) is 0 Å². The second-order valence-corrected chi connectivity index (χ2v) is 3.06. The van der Waals surface area contributed by atoms with Crippen LogP contribution in [-0.4, -0.2) is 11.5 Å². The van der Waals surface area contributed by atoms with Crippen molar-refractivity contribution in [1.29, 1.82) is 0 Å². The Morgan fingerprint density at radius 1 is 1.29 bits per heavy atom. The van der Waals surface area contributed by atoms with Gasteiger partial charge in [-0.05, 0) is 11.6 Å². The maximum Gasteiger partial charge on any atom is 0.0456 e. The summed E-state index contributed by atoms with van der Waals surface area (Å²) in [6.45, 7) is 3.77. The van der Waals surface area contributed by atoms with Crippen LogP contribution in [0.1, 0.15) is 12.5 Å². The van der Waals surface area contributed by atoms with Crippen molar-refractivity contribution in [3.05, 3.63) is 41.3 Å². The molecule has 2 rings (SSSR count). The van der Waals surface area contributed by atoms with E-state index in [0.717, 1.165) is 13.1 Å². The van der Waals surface area contributed by atoms with Crippen LogP contribution in [0.2, 0.25) is 0 Å². The van der Waals surface area contributed by atoms with E-state index in [2.05, 4.69) is 35.4 Å². The minimum atomic E-state index is 0. The van der Waals surface area contributed by atoms with Crippen molar-refractivity contribution in [1.82, 2.24) is 4.98 Å². The number of nitrogens with zero attached hydrogens (tertiary/aromatic N) is 1. The summed E-state index contributed by atoms with van der Waals surface area (Å²) >= 11 is 0. The van der Waals surface area contributed by atoms with Gasteiger partial charge in [0.25, 0.3) is 0 Å². The van der Waals surface area contributed by atoms with Crippen molar-refractivity contribution >= 4 is 10.9 Å². The van der Waals surface area contributed by atoms with E-state index in [0.29, 0.717) is 0 Å². The maximum absolute atomic E-state index is 4.34. The van der Waals surface area contributed by atoms with Crippen LogP contribution < -0.4 is 0 Å². The number of nitrogens with one attached hydrogen (secondary N) is 1. The summed E-state index contributed by atoms with van der Waals surface area (Å²) in [7, 11) is 0. The molecule has 0 unspecified atom stereocenters. The van der Waals surface area contributed by atoms with Gasteiger partial charge in [-0.1, -0.05) is 25.1 Å². The monoisotopic (exact) mass is 262 g/mol. The summed E-state index contributed by atoms with van der Waals surface area (Å²) in [5, 5.41) is 5.64. The Morgan fingerprint density at radius 3 is 2.86 bits per heavy atom. The molecular formula is C11H13N2Y-. The van der Waals surface area contributed by atoms with Gasteiger partial charge in [0.2, 0.25) is 0 Å². The second kappa shape index (κ2) is 5.64. The molecule has 0 fully saturated rings. The molecule has 2 aromatic rings. The summed E-state index contributed by atoms with van der Waals surface area (Å²) in [5.41, 5.74) is 2.49. The largest absolute Gasteiger partial charge is 0.659 e. The Hall–Kier alpha value is -0.176. The van der Waals surface area contributed by atoms with E-state index in [1.807, 2.05) is 12.3 Å². The normalized spacial score (nSPS) is 10.1. The summed E-state index contributed by atoms with van der Waals surface area (Å²) in [6, 6.07) is 8.32. The molecule has 2 nitrogen and oxygen atoms in total. The zero-order chi connectivity index (χ0) is 9.10. The van der Waals surface area contributed by atoms with Gasteiger partial charge in [0.1, 0.15) is 0 Å². The van der Waals surface area contributed by atoms with Crippen LogP contribution in [0.4, 0.5) is 0 Å². The zero-order valence-corrected chi connectivity index (χ0v) is 11.2. The average Bonchev–Trinajstić information content (AvgIpc) is 2.58. The SMILES string of the molecule is CC[N-]Cc1c[nH]c2ccccc12.[Y]. The van der Waals surface area contributed by atoms with Crippen molar-refractivity contribution < 1.29 is 32.7 Å². The minimum absolute atomic E-state index is 0. The van der Waals surface area contributed by atoms with Crippen LogP contribution >= 0.6 is 0 Å². The molecule has 0 aliphatic carbocycles. The van der Waals surface area contributed by atoms with E-state index >= 15 is 0 Å². The number of aromatic nitrogens is 1. The summed E-state index contributed by atoms with van der Waals surface area (Å²) in [6.07, 6.45) is 2.05. The van der Waals surface area contributed by atoms with Crippen LogP contribution in [0, 0.1) is 0 Å². The molecule has 0 amide bonds. The van der Waals surface area contributed by atoms with Crippen molar-refractivity contribution in [2.75, 3.05) is 6.54 Å². The number of aromatic amines is 1. The third-order valence-electron chi connectivity index (χ3n) is 2.18. The van der Waals surface area contributed by atoms with Gasteiger partial charge in [-0.2, -0.15) is 6.54 Å². The molecular weight excluding hydrogens is 249 g/mol. The van der Waals surface area contributed by atoms with Crippen LogP contribution in [0.5, 0.6) is 0 Å². The molecule has 1 N–H and O–H groups in total. The van der Waals surface area contributed by atoms with Gasteiger partial charge in [0.15, 0.2) is 0 Å². The van der Waals surface area contributed by atoms with Gasteiger partial charge in [-0.25, -0.2) is 0 Å². The van der Waals surface area contributed by atoms with E-state index in [1.54, 1.807) is 0 Å². The number of para-hydroxylation sites is 1. The number of rotatable bonds is 3. The average molecular weight is 262 g/mol. The van der Waals surface area contributed by atoms with Crippen LogP contribution in [0.25, 0.3) is 16.2 Å². The van der Waals surface area contributed by atoms with E-state index < -0.39 is 0 Å². The van der Waals surface area contributed by atoms with E-state index in [1.165, 1.54) is 16.5 Å². The zero-order valence-electron chi connectivity index (χ0n) is 8.33. The van der Waals surface area contributed by atoms with E-state index in [9.17, 15) is 0 Å². The Morgan fingerprint density at radius 2 is 2.07 bits per heavy atom. The molecule has 1 aromatic heterocycles. The number of benzene rings is 1. The van der Waals surface area contributed by atoms with Crippen molar-refractivity contribution in [3.8, 4) is 0 Å². The quantitative estimate of drug-likeness (QED) is 0.881. The first kappa shape index (κ1) is 11.9. The molecule has 3 heteroatoms. The maximum atomic E-state index is 4.34. The molecule has 0 aliphatic heterocycles. The third kappa shape index (κ3) is 2.44. The van der Waals surface area contributed by atoms with Gasteiger partial charge in [0.05, 0.1) is 0 Å². The summed E-state index contributed by atoms with van der Waals surface area (Å²) < 4.78 is 0. The van der Waals surface area contributed by atoms with Gasteiger partial charge in [-0.3, -0.25) is 0 Å². The molecule has 14 heavy (non-hydrogen) atoms. The molecule has 1 aromatic carbocycles. The topological polar surface area (TPSA) is 29.9 Å². The number of H-pyrrole nitrogens is 1. The van der Waals surface area contributed by atoms with E-state index in [-0.39, 0.29) is 32.7 Å². The summed E-state index contributed by atoms with van der Waals surface area (Å²) in [5.74, 6) is 0. The predicted octanol–water partition coefficient (Wildman–Crippen LogP) is 3.06. The van der Waals surface area contributed by atoms with Gasteiger partial charge in [-0.15, -0.1) is 6.54 Å². The second-order valence-electron chi connectivity index (χ2n) is 3.06. The van der Waals surface area contributed by atoms with Crippen molar-refractivity contribution in [3.63, 3.8) is 0 Å². The van der Waals surface area contributed by atoms with Gasteiger partial charge < -0.3 is 10.3 Å². The number of fused-ring (bicyclic) bond motifs is 1. The molecule has 0 aliphatic rings. The Bertz CT molecular complexity index is 395. The summed E-state index contributed by atoms with van der Waals surface area (Å²) in [4.78, 5) is 3.24. The molecule has 0 spiro atoms. The molecule has 71 valence electrons. The fraction of sp³-hybridized carbons (Fsp3) is 0.273. The standard InChI is InChI=1S/C11H13N2.Y/c1-2-12-7-9-8-13-11-6-4-3-5-10(9)11;/h3-6,8,13H,2,7H2,1H3;/q-1;. The Balaban J connectivity index is 0.000000980. The molecule has 1 radical (unpaired) electrons. The van der Waals surface area contributed by atoms with Gasteiger partial charge in [0, 0.05) is 49.8 Å². The number of hydrogen-bond donors (Lipinski definition) is 1. The third-order valence-corrected chi connectivity index (χ3v) is 2.18. The smallest absolute Gasteiger partial charge is 0.0456 e. The molecule has 0 bridgehead atoms. The molecule has 1 heterocycles.